The van der Waals surface area contributed by atoms with Crippen molar-refractivity contribution in [3.8, 4) is 11.5 Å². The van der Waals surface area contributed by atoms with Crippen molar-refractivity contribution in [2.24, 2.45) is 10.2 Å². The normalized spacial score (nSPS) is 17.3. The van der Waals surface area contributed by atoms with Crippen LogP contribution in [0.2, 0.25) is 0 Å². The Morgan fingerprint density at radius 1 is 1.21 bits per heavy atom. The van der Waals surface area contributed by atoms with E-state index in [2.05, 4.69) is 15.5 Å². The summed E-state index contributed by atoms with van der Waals surface area (Å²) < 4.78 is 36.0. The maximum Gasteiger partial charge on any atom is 0.339 e. The summed E-state index contributed by atoms with van der Waals surface area (Å²) in [6.07, 6.45) is 1.06. The number of carbonyl (C=O) groups excluding carboxylic acids is 1. The summed E-state index contributed by atoms with van der Waals surface area (Å²) in [6.45, 7) is 3.87. The number of benzene rings is 2. The molecule has 2 aromatic rings. The Morgan fingerprint density at radius 3 is 2.61 bits per heavy atom. The zero-order valence-electron chi connectivity index (χ0n) is 17.7. The summed E-state index contributed by atoms with van der Waals surface area (Å²) in [5.41, 5.74) is 1.46. The Kier molecular flexibility index (Phi) is 7.71. The highest BCUT2D eigenvalue weighted by Gasteiger charge is 2.32. The molecule has 2 N–H and O–H groups in total. The molecule has 1 heterocycles. The zero-order chi connectivity index (χ0) is 24.0. The SMILES string of the molecule is CCOc1cc(/C=N\N=C2\NC(=O)[C@@H](CC(=O)O)S2)ccc1OS(=O)(=O)c1ccc(C)cc1. The van der Waals surface area contributed by atoms with E-state index in [1.807, 2.05) is 6.92 Å². The van der Waals surface area contributed by atoms with Crippen LogP contribution in [-0.4, -0.2) is 48.6 Å². The van der Waals surface area contributed by atoms with Crippen LogP contribution in [0.25, 0.3) is 0 Å². The molecule has 174 valence electrons. The van der Waals surface area contributed by atoms with E-state index < -0.39 is 27.2 Å². The molecule has 12 heteroatoms. The first-order chi connectivity index (χ1) is 15.7. The average Bonchev–Trinajstić information content (AvgIpc) is 3.08. The van der Waals surface area contributed by atoms with Gasteiger partial charge in [-0.3, -0.25) is 9.59 Å². The van der Waals surface area contributed by atoms with Gasteiger partial charge in [-0.15, -0.1) is 5.10 Å². The Labute approximate surface area is 194 Å². The molecule has 0 spiro atoms. The number of aryl methyl sites for hydroxylation is 1. The standard InChI is InChI=1S/C21H21N3O7S2/c1-3-30-17-10-14(12-22-24-21-23-20(27)18(32-21)11-19(25)26)6-9-16(17)31-33(28,29)15-7-4-13(2)5-8-15/h4-10,12,18H,3,11H2,1-2H3,(H,25,26)(H,23,24,27)/b22-12-/t18-/m1/s1. The number of hydrogen-bond donors (Lipinski definition) is 2. The molecule has 1 amide bonds. The number of carboxylic acids is 1. The number of nitrogens with zero attached hydrogens (tertiary/aromatic N) is 2. The summed E-state index contributed by atoms with van der Waals surface area (Å²) in [4.78, 5) is 22.5. The van der Waals surface area contributed by atoms with Crippen LogP contribution in [0, 0.1) is 6.92 Å². The van der Waals surface area contributed by atoms with E-state index >= 15 is 0 Å². The van der Waals surface area contributed by atoms with Crippen LogP contribution in [0.4, 0.5) is 0 Å². The molecular weight excluding hydrogens is 470 g/mol. The number of nitrogens with one attached hydrogen (secondary N) is 1. The van der Waals surface area contributed by atoms with Gasteiger partial charge in [0.2, 0.25) is 5.91 Å². The first kappa shape index (κ1) is 24.3. The number of carbonyl (C=O) groups is 2. The highest BCUT2D eigenvalue weighted by molar-refractivity contribution is 8.15. The third-order valence-electron chi connectivity index (χ3n) is 4.27. The minimum absolute atomic E-state index is 0.0225. The highest BCUT2D eigenvalue weighted by atomic mass is 32.2. The first-order valence-electron chi connectivity index (χ1n) is 9.76. The maximum atomic E-state index is 12.6. The number of amides is 1. The molecule has 2 aromatic carbocycles. The number of rotatable bonds is 9. The van der Waals surface area contributed by atoms with Crippen LogP contribution in [-0.2, 0) is 19.7 Å². The van der Waals surface area contributed by atoms with Crippen LogP contribution in [0.5, 0.6) is 11.5 Å². The van der Waals surface area contributed by atoms with Gasteiger partial charge in [-0.2, -0.15) is 13.5 Å². The van der Waals surface area contributed by atoms with Gasteiger partial charge in [0.15, 0.2) is 16.7 Å². The second-order valence-corrected chi connectivity index (χ2v) is 9.57. The molecule has 0 aromatic heterocycles. The van der Waals surface area contributed by atoms with Gasteiger partial charge in [0, 0.05) is 0 Å². The molecule has 0 unspecified atom stereocenters. The summed E-state index contributed by atoms with van der Waals surface area (Å²) in [5.74, 6) is -1.29. The van der Waals surface area contributed by atoms with Crippen molar-refractivity contribution < 1.29 is 32.0 Å². The van der Waals surface area contributed by atoms with E-state index in [1.54, 1.807) is 31.2 Å². The van der Waals surface area contributed by atoms with Gasteiger partial charge in [0.25, 0.3) is 0 Å². The average molecular weight is 492 g/mol. The number of thioether (sulfide) groups is 1. The van der Waals surface area contributed by atoms with Crippen LogP contribution >= 0.6 is 11.8 Å². The number of hydrogen-bond acceptors (Lipinski definition) is 9. The summed E-state index contributed by atoms with van der Waals surface area (Å²) in [6, 6.07) is 10.8. The molecular formula is C21H21N3O7S2. The van der Waals surface area contributed by atoms with E-state index in [4.69, 9.17) is 14.0 Å². The van der Waals surface area contributed by atoms with E-state index in [1.165, 1.54) is 24.4 Å². The summed E-state index contributed by atoms with van der Waals surface area (Å²) in [5, 5.41) is 18.5. The van der Waals surface area contributed by atoms with Crippen molar-refractivity contribution in [3.63, 3.8) is 0 Å². The molecule has 1 aliphatic heterocycles. The largest absolute Gasteiger partial charge is 0.490 e. The molecule has 1 atom stereocenters. The monoisotopic (exact) mass is 491 g/mol. The molecule has 0 aliphatic carbocycles. The summed E-state index contributed by atoms with van der Waals surface area (Å²) >= 11 is 0.984. The van der Waals surface area contributed by atoms with Crippen molar-refractivity contribution in [1.29, 1.82) is 0 Å². The Balaban J connectivity index is 1.75. The van der Waals surface area contributed by atoms with Gasteiger partial charge >= 0.3 is 16.1 Å². The fraction of sp³-hybridized carbons (Fsp3) is 0.238. The molecule has 0 radical (unpaired) electrons. The first-order valence-corrected chi connectivity index (χ1v) is 12.0. The molecule has 10 nitrogen and oxygen atoms in total. The fourth-order valence-electron chi connectivity index (χ4n) is 2.71. The number of aliphatic carboxylic acids is 1. The lowest BCUT2D eigenvalue weighted by molar-refractivity contribution is -0.138. The molecule has 33 heavy (non-hydrogen) atoms. The molecule has 1 saturated heterocycles. The zero-order valence-corrected chi connectivity index (χ0v) is 19.4. The van der Waals surface area contributed by atoms with Crippen molar-refractivity contribution in [3.05, 3.63) is 53.6 Å². The highest BCUT2D eigenvalue weighted by Crippen LogP contribution is 2.31. The van der Waals surface area contributed by atoms with E-state index in [-0.39, 0.29) is 34.6 Å². The van der Waals surface area contributed by atoms with Gasteiger partial charge in [0.05, 0.1) is 19.2 Å². The second-order valence-electron chi connectivity index (χ2n) is 6.83. The van der Waals surface area contributed by atoms with Crippen LogP contribution in [0.15, 0.2) is 57.6 Å². The lowest BCUT2D eigenvalue weighted by atomic mass is 10.2. The second kappa shape index (κ2) is 10.5. The quantitative estimate of drug-likeness (QED) is 0.309. The lowest BCUT2D eigenvalue weighted by Gasteiger charge is -2.12. The predicted molar refractivity (Wildman–Crippen MR) is 123 cm³/mol. The van der Waals surface area contributed by atoms with Crippen LogP contribution in [0.1, 0.15) is 24.5 Å². The van der Waals surface area contributed by atoms with Gasteiger partial charge in [-0.25, -0.2) is 0 Å². The molecule has 0 saturated carbocycles. The predicted octanol–water partition coefficient (Wildman–Crippen LogP) is 2.56. The van der Waals surface area contributed by atoms with Gasteiger partial charge in [-0.05, 0) is 49.7 Å². The third-order valence-corrected chi connectivity index (χ3v) is 6.59. The van der Waals surface area contributed by atoms with Crippen LogP contribution in [0.3, 0.4) is 0 Å². The van der Waals surface area contributed by atoms with Gasteiger partial charge < -0.3 is 19.3 Å². The van der Waals surface area contributed by atoms with Gasteiger partial charge in [-0.1, -0.05) is 29.5 Å². The number of amidine groups is 1. The van der Waals surface area contributed by atoms with Crippen molar-refractivity contribution in [2.75, 3.05) is 6.61 Å². The van der Waals surface area contributed by atoms with E-state index in [0.29, 0.717) is 5.56 Å². The minimum Gasteiger partial charge on any atom is -0.490 e. The minimum atomic E-state index is -4.05. The number of carboxylic acid groups (broad SMARTS) is 1. The van der Waals surface area contributed by atoms with Gasteiger partial charge in [0.1, 0.15) is 10.1 Å². The van der Waals surface area contributed by atoms with Crippen molar-refractivity contribution in [2.45, 2.75) is 30.4 Å². The maximum absolute atomic E-state index is 12.6. The van der Waals surface area contributed by atoms with Crippen LogP contribution < -0.4 is 14.2 Å². The third kappa shape index (κ3) is 6.56. The topological polar surface area (TPSA) is 144 Å². The van der Waals surface area contributed by atoms with E-state index in [9.17, 15) is 18.0 Å². The number of ether oxygens (including phenoxy) is 1. The summed E-state index contributed by atoms with van der Waals surface area (Å²) in [7, 11) is -4.05. The fourth-order valence-corrected chi connectivity index (χ4v) is 4.56. The van der Waals surface area contributed by atoms with E-state index in [0.717, 1.165) is 17.3 Å². The molecule has 3 rings (SSSR count). The lowest BCUT2D eigenvalue weighted by Crippen LogP contribution is -2.26. The Bertz CT molecular complexity index is 1210. The van der Waals surface area contributed by atoms with Crippen molar-refractivity contribution in [1.82, 2.24) is 5.32 Å². The van der Waals surface area contributed by atoms with Crippen molar-refractivity contribution >= 4 is 45.1 Å². The molecule has 1 fully saturated rings. The Hall–Kier alpha value is -3.38. The smallest absolute Gasteiger partial charge is 0.339 e. The molecule has 0 bridgehead atoms. The molecule has 1 aliphatic rings. The Morgan fingerprint density at radius 2 is 1.94 bits per heavy atom.